The minimum Gasteiger partial charge on any atom is -0.497 e. The topological polar surface area (TPSA) is 42.0 Å². The molecule has 4 aromatic rings. The Hall–Kier alpha value is -3.35. The van der Waals surface area contributed by atoms with Crippen LogP contribution < -0.4 is 14.4 Å². The summed E-state index contributed by atoms with van der Waals surface area (Å²) in [5, 5.41) is 2.90. The molecule has 1 aliphatic rings. The van der Waals surface area contributed by atoms with Gasteiger partial charge in [0.05, 0.1) is 7.11 Å². The summed E-state index contributed by atoms with van der Waals surface area (Å²) in [7, 11) is 5.72. The van der Waals surface area contributed by atoms with E-state index in [1.54, 1.807) is 18.4 Å². The van der Waals surface area contributed by atoms with Crippen LogP contribution in [0.25, 0.3) is 21.2 Å². The van der Waals surface area contributed by atoms with Crippen molar-refractivity contribution in [2.75, 3.05) is 52.3 Å². The Balaban J connectivity index is 1.45. The first-order chi connectivity index (χ1) is 18.0. The number of ketones is 1. The number of hydrogen-bond acceptors (Lipinski definition) is 6. The van der Waals surface area contributed by atoms with Crippen LogP contribution in [0.1, 0.15) is 35.2 Å². The Kier molecular flexibility index (Phi) is 7.77. The van der Waals surface area contributed by atoms with Gasteiger partial charge < -0.3 is 14.4 Å². The van der Waals surface area contributed by atoms with Crippen LogP contribution in [0.3, 0.4) is 0 Å². The van der Waals surface area contributed by atoms with Crippen LogP contribution in [0.5, 0.6) is 11.5 Å². The van der Waals surface area contributed by atoms with Gasteiger partial charge in [0.15, 0.2) is 5.78 Å². The van der Waals surface area contributed by atoms with Crippen molar-refractivity contribution in [2.45, 2.75) is 19.3 Å². The van der Waals surface area contributed by atoms with E-state index in [-0.39, 0.29) is 5.78 Å². The Morgan fingerprint density at radius 2 is 1.76 bits per heavy atom. The molecule has 3 aromatic carbocycles. The molecule has 0 N–H and O–H groups in total. The Bertz CT molecular complexity index is 1370. The van der Waals surface area contributed by atoms with Crippen molar-refractivity contribution in [1.29, 1.82) is 0 Å². The highest BCUT2D eigenvalue weighted by Crippen LogP contribution is 2.35. The van der Waals surface area contributed by atoms with E-state index in [1.807, 2.05) is 55.9 Å². The number of fused-ring (bicyclic) bond motifs is 1. The molecule has 0 bridgehead atoms. The van der Waals surface area contributed by atoms with Crippen molar-refractivity contribution in [3.8, 4) is 22.6 Å². The highest BCUT2D eigenvalue weighted by atomic mass is 32.1. The van der Waals surface area contributed by atoms with Crippen molar-refractivity contribution in [3.05, 3.63) is 77.2 Å². The average molecular weight is 515 g/mol. The minimum atomic E-state index is 0.0162. The van der Waals surface area contributed by atoms with Crippen molar-refractivity contribution in [1.82, 2.24) is 4.90 Å². The number of carbonyl (C=O) groups is 1. The van der Waals surface area contributed by atoms with Crippen molar-refractivity contribution in [3.63, 3.8) is 0 Å². The second-order valence-electron chi connectivity index (χ2n) is 9.74. The number of ether oxygens (including phenoxy) is 2. The summed E-state index contributed by atoms with van der Waals surface area (Å²) in [4.78, 5) is 18.2. The number of piperidine rings is 1. The summed E-state index contributed by atoms with van der Waals surface area (Å²) >= 11 is 1.56. The number of nitrogens with zero attached hydrogens (tertiary/aromatic N) is 2. The van der Waals surface area contributed by atoms with Crippen molar-refractivity contribution >= 4 is 32.9 Å². The smallest absolute Gasteiger partial charge is 0.194 e. The molecule has 2 heterocycles. The first kappa shape index (κ1) is 25.3. The Labute approximate surface area is 223 Å². The van der Waals surface area contributed by atoms with Gasteiger partial charge in [-0.05, 0) is 80.0 Å². The molecule has 0 atom stereocenters. The quantitative estimate of drug-likeness (QED) is 0.232. The number of thiophene rings is 1. The van der Waals surface area contributed by atoms with E-state index in [1.165, 1.54) is 19.3 Å². The molecule has 1 saturated heterocycles. The maximum absolute atomic E-state index is 13.7. The molecule has 37 heavy (non-hydrogen) atoms. The van der Waals surface area contributed by atoms with E-state index in [0.29, 0.717) is 12.2 Å². The largest absolute Gasteiger partial charge is 0.497 e. The zero-order valence-corrected chi connectivity index (χ0v) is 22.6. The van der Waals surface area contributed by atoms with Crippen molar-refractivity contribution in [2.24, 2.45) is 0 Å². The molecule has 0 amide bonds. The number of likely N-dealkylation sites (tertiary alicyclic amines) is 1. The van der Waals surface area contributed by atoms with E-state index in [9.17, 15) is 4.79 Å². The number of benzene rings is 3. The molecule has 5 rings (SSSR count). The highest BCUT2D eigenvalue weighted by Gasteiger charge is 2.18. The predicted octanol–water partition coefficient (Wildman–Crippen LogP) is 6.74. The lowest BCUT2D eigenvalue weighted by molar-refractivity contribution is 0.104. The van der Waals surface area contributed by atoms with Crippen LogP contribution >= 0.6 is 11.3 Å². The van der Waals surface area contributed by atoms with Crippen LogP contribution in [0.2, 0.25) is 0 Å². The number of methoxy groups -OCH3 is 1. The number of anilines is 1. The first-order valence-electron chi connectivity index (χ1n) is 12.9. The second-order valence-corrected chi connectivity index (χ2v) is 10.7. The molecular formula is C31H34N2O3S. The third-order valence-electron chi connectivity index (χ3n) is 7.08. The van der Waals surface area contributed by atoms with Gasteiger partial charge in [-0.2, -0.15) is 0 Å². The molecule has 5 nitrogen and oxygen atoms in total. The lowest BCUT2D eigenvalue weighted by Gasteiger charge is -2.26. The first-order valence-corrected chi connectivity index (χ1v) is 13.8. The maximum Gasteiger partial charge on any atom is 0.194 e. The van der Waals surface area contributed by atoms with Gasteiger partial charge in [-0.25, -0.2) is 0 Å². The fourth-order valence-corrected chi connectivity index (χ4v) is 5.86. The van der Waals surface area contributed by atoms with Crippen LogP contribution in [-0.4, -0.2) is 58.1 Å². The Morgan fingerprint density at radius 1 is 0.973 bits per heavy atom. The van der Waals surface area contributed by atoms with Gasteiger partial charge in [-0.3, -0.25) is 9.69 Å². The number of hydrogen-bond donors (Lipinski definition) is 0. The molecule has 0 unspecified atom stereocenters. The van der Waals surface area contributed by atoms with Gasteiger partial charge in [0, 0.05) is 58.5 Å². The summed E-state index contributed by atoms with van der Waals surface area (Å²) in [6, 6.07) is 20.1. The van der Waals surface area contributed by atoms with Gasteiger partial charge in [-0.1, -0.05) is 18.6 Å². The molecule has 0 saturated carbocycles. The van der Waals surface area contributed by atoms with Gasteiger partial charge in [0.1, 0.15) is 18.1 Å². The Morgan fingerprint density at radius 3 is 2.49 bits per heavy atom. The fraction of sp³-hybridized carbons (Fsp3) is 0.323. The monoisotopic (exact) mass is 514 g/mol. The molecule has 0 aliphatic carbocycles. The van der Waals surface area contributed by atoms with Crippen LogP contribution in [0.15, 0.2) is 66.0 Å². The van der Waals surface area contributed by atoms with Crippen LogP contribution in [-0.2, 0) is 0 Å². The number of carbonyl (C=O) groups excluding carboxylic acids is 1. The third kappa shape index (κ3) is 5.65. The summed E-state index contributed by atoms with van der Waals surface area (Å²) in [5.41, 5.74) is 4.48. The fourth-order valence-electron chi connectivity index (χ4n) is 4.90. The van der Waals surface area contributed by atoms with E-state index in [0.717, 1.165) is 63.6 Å². The normalized spacial score (nSPS) is 14.0. The summed E-state index contributed by atoms with van der Waals surface area (Å²) in [5.74, 6) is 1.62. The predicted molar refractivity (Wildman–Crippen MR) is 154 cm³/mol. The third-order valence-corrected chi connectivity index (χ3v) is 8.02. The van der Waals surface area contributed by atoms with Gasteiger partial charge in [-0.15, -0.1) is 11.3 Å². The maximum atomic E-state index is 13.7. The SMILES string of the molecule is COc1ccc2c(C(=O)c3ccc(OCCN4CCCCC4)c(-c4ccc(N(C)C)cc4)c3)csc2c1. The molecule has 6 heteroatoms. The lowest BCUT2D eigenvalue weighted by atomic mass is 9.97. The zero-order valence-electron chi connectivity index (χ0n) is 21.8. The molecule has 0 radical (unpaired) electrons. The van der Waals surface area contributed by atoms with E-state index in [2.05, 4.69) is 34.1 Å². The number of rotatable bonds is 9. The second kappa shape index (κ2) is 11.4. The molecule has 1 aromatic heterocycles. The van der Waals surface area contributed by atoms with E-state index in [4.69, 9.17) is 9.47 Å². The minimum absolute atomic E-state index is 0.0162. The van der Waals surface area contributed by atoms with Gasteiger partial charge in [0.25, 0.3) is 0 Å². The summed E-state index contributed by atoms with van der Waals surface area (Å²) < 4.78 is 12.7. The molecular weight excluding hydrogens is 480 g/mol. The molecule has 0 spiro atoms. The van der Waals surface area contributed by atoms with E-state index >= 15 is 0 Å². The molecule has 1 aliphatic heterocycles. The summed E-state index contributed by atoms with van der Waals surface area (Å²) in [6.07, 6.45) is 3.86. The van der Waals surface area contributed by atoms with Crippen LogP contribution in [0.4, 0.5) is 5.69 Å². The van der Waals surface area contributed by atoms with E-state index < -0.39 is 0 Å². The zero-order chi connectivity index (χ0) is 25.8. The highest BCUT2D eigenvalue weighted by molar-refractivity contribution is 7.17. The van der Waals surface area contributed by atoms with Crippen LogP contribution in [0, 0.1) is 0 Å². The average Bonchev–Trinajstić information content (AvgIpc) is 3.36. The van der Waals surface area contributed by atoms with Gasteiger partial charge >= 0.3 is 0 Å². The summed E-state index contributed by atoms with van der Waals surface area (Å²) in [6.45, 7) is 3.85. The molecule has 1 fully saturated rings. The standard InChI is InChI=1S/C31H34N2O3S/c1-32(2)24-10-7-22(8-11-24)27-19-23(9-14-29(27)36-18-17-33-15-5-4-6-16-33)31(34)28-21-37-30-20-25(35-3)12-13-26(28)30/h7-14,19-21H,4-6,15-18H2,1-3H3. The van der Waals surface area contributed by atoms with Crippen molar-refractivity contribution < 1.29 is 14.3 Å². The lowest BCUT2D eigenvalue weighted by Crippen LogP contribution is -2.33. The molecule has 192 valence electrons. The van der Waals surface area contributed by atoms with Gasteiger partial charge in [0.2, 0.25) is 0 Å².